The van der Waals surface area contributed by atoms with Gasteiger partial charge >= 0.3 is 0 Å². The summed E-state index contributed by atoms with van der Waals surface area (Å²) in [5, 5.41) is 10.2. The van der Waals surface area contributed by atoms with Crippen molar-refractivity contribution in [1.82, 2.24) is 0 Å². The molecule has 0 heterocycles. The van der Waals surface area contributed by atoms with E-state index < -0.39 is 11.6 Å². The van der Waals surface area contributed by atoms with Crippen molar-refractivity contribution in [3.8, 4) is 5.75 Å². The van der Waals surface area contributed by atoms with Crippen LogP contribution in [0.3, 0.4) is 0 Å². The van der Waals surface area contributed by atoms with Crippen molar-refractivity contribution in [1.29, 1.82) is 0 Å². The van der Waals surface area contributed by atoms with Crippen molar-refractivity contribution in [2.45, 2.75) is 38.3 Å². The number of aliphatic hydroxyl groups excluding tert-OH is 1. The predicted octanol–water partition coefficient (Wildman–Crippen LogP) is 1.84. The molecule has 1 aromatic rings. The van der Waals surface area contributed by atoms with Crippen LogP contribution in [0.25, 0.3) is 0 Å². The molecule has 0 radical (unpaired) electrons. The van der Waals surface area contributed by atoms with Crippen LogP contribution >= 0.6 is 0 Å². The molecule has 0 saturated heterocycles. The fraction of sp³-hybridized carbons (Fsp3) is 0.538. The summed E-state index contributed by atoms with van der Waals surface area (Å²) in [5.74, 6) is 0.857. The minimum atomic E-state index is -0.558. The zero-order chi connectivity index (χ0) is 11.9. The van der Waals surface area contributed by atoms with E-state index in [9.17, 15) is 5.11 Å². The molecule has 16 heavy (non-hydrogen) atoms. The van der Waals surface area contributed by atoms with E-state index in [-0.39, 0.29) is 0 Å². The molecular weight excluding hydrogens is 202 g/mol. The van der Waals surface area contributed by atoms with Crippen LogP contribution in [0.4, 0.5) is 0 Å². The van der Waals surface area contributed by atoms with Crippen LogP contribution in [0.15, 0.2) is 12.1 Å². The van der Waals surface area contributed by atoms with Gasteiger partial charge in [-0.3, -0.25) is 0 Å². The molecule has 3 nitrogen and oxygen atoms in total. The molecule has 0 aliphatic heterocycles. The van der Waals surface area contributed by atoms with Gasteiger partial charge in [-0.05, 0) is 55.5 Å². The van der Waals surface area contributed by atoms with E-state index in [1.54, 1.807) is 7.11 Å². The molecule has 1 atom stereocenters. The van der Waals surface area contributed by atoms with Crippen LogP contribution in [-0.2, 0) is 0 Å². The van der Waals surface area contributed by atoms with Gasteiger partial charge in [0.05, 0.1) is 13.2 Å². The second kappa shape index (κ2) is 3.75. The molecule has 3 heteroatoms. The van der Waals surface area contributed by atoms with E-state index in [1.165, 1.54) is 0 Å². The Morgan fingerprint density at radius 1 is 1.31 bits per heavy atom. The number of aliphatic hydroxyl groups is 1. The first-order valence-corrected chi connectivity index (χ1v) is 5.60. The van der Waals surface area contributed by atoms with Gasteiger partial charge in [-0.15, -0.1) is 0 Å². The topological polar surface area (TPSA) is 55.5 Å². The molecule has 1 saturated carbocycles. The second-order valence-corrected chi connectivity index (χ2v) is 4.81. The van der Waals surface area contributed by atoms with E-state index >= 15 is 0 Å². The van der Waals surface area contributed by atoms with Gasteiger partial charge in [-0.2, -0.15) is 0 Å². The van der Waals surface area contributed by atoms with E-state index in [1.807, 2.05) is 26.0 Å². The van der Waals surface area contributed by atoms with Gasteiger partial charge in [0.1, 0.15) is 5.75 Å². The van der Waals surface area contributed by atoms with Crippen molar-refractivity contribution < 1.29 is 9.84 Å². The van der Waals surface area contributed by atoms with Crippen LogP contribution in [0.2, 0.25) is 0 Å². The predicted molar refractivity (Wildman–Crippen MR) is 63.6 cm³/mol. The Morgan fingerprint density at radius 2 is 1.94 bits per heavy atom. The van der Waals surface area contributed by atoms with Gasteiger partial charge in [-0.1, -0.05) is 0 Å². The van der Waals surface area contributed by atoms with Crippen molar-refractivity contribution in [2.24, 2.45) is 5.73 Å². The lowest BCUT2D eigenvalue weighted by molar-refractivity contribution is 0.135. The Morgan fingerprint density at radius 3 is 2.44 bits per heavy atom. The number of ether oxygens (including phenoxy) is 1. The van der Waals surface area contributed by atoms with Crippen LogP contribution < -0.4 is 10.5 Å². The summed E-state index contributed by atoms with van der Waals surface area (Å²) in [5.41, 5.74) is 8.63. The molecular formula is C13H19NO2. The zero-order valence-electron chi connectivity index (χ0n) is 10.1. The van der Waals surface area contributed by atoms with E-state index in [4.69, 9.17) is 10.5 Å². The minimum absolute atomic E-state index is 0.397. The highest BCUT2D eigenvalue weighted by Gasteiger charge is 2.46. The van der Waals surface area contributed by atoms with Crippen LogP contribution in [-0.4, -0.2) is 17.8 Å². The Balaban J connectivity index is 2.38. The van der Waals surface area contributed by atoms with Crippen LogP contribution in [0, 0.1) is 13.8 Å². The lowest BCUT2D eigenvalue weighted by Crippen LogP contribution is -2.30. The number of rotatable bonds is 3. The van der Waals surface area contributed by atoms with Crippen LogP contribution in [0.5, 0.6) is 5.75 Å². The van der Waals surface area contributed by atoms with Gasteiger partial charge in [0.15, 0.2) is 0 Å². The summed E-state index contributed by atoms with van der Waals surface area (Å²) in [6.07, 6.45) is 1.24. The quantitative estimate of drug-likeness (QED) is 0.818. The smallest absolute Gasteiger partial charge is 0.122 e. The molecule has 0 bridgehead atoms. The minimum Gasteiger partial charge on any atom is -0.496 e. The average molecular weight is 221 g/mol. The molecule has 1 unspecified atom stereocenters. The molecule has 0 amide bonds. The van der Waals surface area contributed by atoms with Gasteiger partial charge < -0.3 is 15.6 Å². The average Bonchev–Trinajstić information content (AvgIpc) is 2.99. The van der Waals surface area contributed by atoms with Crippen molar-refractivity contribution in [2.75, 3.05) is 7.11 Å². The molecule has 3 N–H and O–H groups in total. The maximum atomic E-state index is 10.2. The van der Waals surface area contributed by atoms with Gasteiger partial charge in [0.2, 0.25) is 0 Å². The number of benzene rings is 1. The number of hydrogen-bond acceptors (Lipinski definition) is 3. The largest absolute Gasteiger partial charge is 0.496 e. The summed E-state index contributed by atoms with van der Waals surface area (Å²) in [6, 6.07) is 3.94. The summed E-state index contributed by atoms with van der Waals surface area (Å²) in [4.78, 5) is 0. The van der Waals surface area contributed by atoms with Gasteiger partial charge in [0, 0.05) is 5.54 Å². The summed E-state index contributed by atoms with van der Waals surface area (Å²) < 4.78 is 5.25. The highest BCUT2D eigenvalue weighted by atomic mass is 16.5. The lowest BCUT2D eigenvalue weighted by Gasteiger charge is -2.21. The lowest BCUT2D eigenvalue weighted by atomic mass is 9.94. The molecule has 88 valence electrons. The first-order chi connectivity index (χ1) is 7.48. The third kappa shape index (κ3) is 1.81. The third-order valence-electron chi connectivity index (χ3n) is 3.45. The standard InChI is InChI=1S/C13H19NO2/c1-8-7-11(16-3)9(2)6-10(8)12(15)13(14)4-5-13/h6-7,12,15H,4-5,14H2,1-3H3. The van der Waals surface area contributed by atoms with E-state index in [0.29, 0.717) is 0 Å². The van der Waals surface area contributed by atoms with Crippen molar-refractivity contribution in [3.63, 3.8) is 0 Å². The fourth-order valence-electron chi connectivity index (χ4n) is 2.05. The second-order valence-electron chi connectivity index (χ2n) is 4.81. The number of methoxy groups -OCH3 is 1. The maximum Gasteiger partial charge on any atom is 0.122 e. The van der Waals surface area contributed by atoms with Crippen LogP contribution in [0.1, 0.15) is 35.6 Å². The highest BCUT2D eigenvalue weighted by Crippen LogP contribution is 2.44. The van der Waals surface area contributed by atoms with E-state index in [2.05, 4.69) is 0 Å². The SMILES string of the molecule is COc1cc(C)c(C(O)C2(N)CC2)cc1C. The Hall–Kier alpha value is -1.06. The number of aryl methyl sites for hydroxylation is 2. The van der Waals surface area contributed by atoms with E-state index in [0.717, 1.165) is 35.3 Å². The Bertz CT molecular complexity index is 411. The van der Waals surface area contributed by atoms with Crippen molar-refractivity contribution in [3.05, 3.63) is 28.8 Å². The molecule has 1 aliphatic rings. The number of hydrogen-bond donors (Lipinski definition) is 2. The van der Waals surface area contributed by atoms with Gasteiger partial charge in [-0.25, -0.2) is 0 Å². The molecule has 0 aromatic heterocycles. The number of nitrogens with two attached hydrogens (primary N) is 1. The molecule has 1 aliphatic carbocycles. The first-order valence-electron chi connectivity index (χ1n) is 5.60. The summed E-state index contributed by atoms with van der Waals surface area (Å²) in [6.45, 7) is 3.96. The normalized spacial score (nSPS) is 19.3. The molecule has 0 spiro atoms. The highest BCUT2D eigenvalue weighted by molar-refractivity contribution is 5.43. The third-order valence-corrected chi connectivity index (χ3v) is 3.45. The molecule has 1 aromatic carbocycles. The Kier molecular flexibility index (Phi) is 2.68. The first kappa shape index (κ1) is 11.4. The zero-order valence-corrected chi connectivity index (χ0v) is 10.1. The van der Waals surface area contributed by atoms with Gasteiger partial charge in [0.25, 0.3) is 0 Å². The molecule has 1 fully saturated rings. The summed E-state index contributed by atoms with van der Waals surface area (Å²) >= 11 is 0. The summed E-state index contributed by atoms with van der Waals surface area (Å²) in [7, 11) is 1.66. The Labute approximate surface area is 96.2 Å². The van der Waals surface area contributed by atoms with Crippen molar-refractivity contribution >= 4 is 0 Å². The monoisotopic (exact) mass is 221 g/mol. The fourth-order valence-corrected chi connectivity index (χ4v) is 2.05. The molecule has 2 rings (SSSR count). The maximum absolute atomic E-state index is 10.2.